The van der Waals surface area contributed by atoms with E-state index in [1.54, 1.807) is 6.07 Å². The average Bonchev–Trinajstić information content (AvgIpc) is 3.30. The molecule has 1 unspecified atom stereocenters. The Hall–Kier alpha value is -2.51. The largest absolute Gasteiger partial charge is 0.417 e. The van der Waals surface area contributed by atoms with E-state index in [0.717, 1.165) is 25.1 Å². The molecule has 2 aliphatic heterocycles. The quantitative estimate of drug-likeness (QED) is 0.835. The predicted molar refractivity (Wildman–Crippen MR) is 77.4 cm³/mol. The minimum absolute atomic E-state index is 0.173. The van der Waals surface area contributed by atoms with E-state index in [1.807, 2.05) is 0 Å². The fourth-order valence-electron chi connectivity index (χ4n) is 3.36. The van der Waals surface area contributed by atoms with Crippen LogP contribution in [-0.4, -0.2) is 50.4 Å². The number of ether oxygens (including phenoxy) is 1. The molecule has 1 aromatic heterocycles. The number of hydrogen-bond acceptors (Lipinski definition) is 6. The van der Waals surface area contributed by atoms with Gasteiger partial charge in [-0.25, -0.2) is 0 Å². The Labute approximate surface area is 140 Å². The van der Waals surface area contributed by atoms with E-state index >= 15 is 0 Å². The number of morpholine rings is 1. The van der Waals surface area contributed by atoms with Crippen molar-refractivity contribution < 1.29 is 17.9 Å². The highest BCUT2D eigenvalue weighted by molar-refractivity contribution is 5.47. The maximum Gasteiger partial charge on any atom is 0.417 e. The molecule has 130 valence electrons. The first-order valence-electron chi connectivity index (χ1n) is 7.70. The number of aromatic nitrogens is 4. The normalized spacial score (nSPS) is 23.1. The number of fused-ring (bicyclic) bond motifs is 2. The predicted octanol–water partition coefficient (Wildman–Crippen LogP) is 1.53. The molecule has 0 saturated carbocycles. The number of halogens is 3. The molecule has 2 aliphatic rings. The Morgan fingerprint density at radius 3 is 2.84 bits per heavy atom. The monoisotopic (exact) mass is 350 g/mol. The lowest BCUT2D eigenvalue weighted by Gasteiger charge is -2.25. The molecule has 1 aromatic carbocycles. The Morgan fingerprint density at radius 2 is 2.20 bits per heavy atom. The van der Waals surface area contributed by atoms with E-state index in [-0.39, 0.29) is 11.8 Å². The van der Waals surface area contributed by atoms with Gasteiger partial charge in [-0.15, -0.1) is 5.10 Å². The van der Waals surface area contributed by atoms with Crippen LogP contribution < -0.4 is 0 Å². The van der Waals surface area contributed by atoms with Gasteiger partial charge in [-0.2, -0.15) is 23.1 Å². The summed E-state index contributed by atoms with van der Waals surface area (Å²) in [5.74, 6) is 0.449. The smallest absolute Gasteiger partial charge is 0.375 e. The number of benzene rings is 1. The molecule has 7 nitrogen and oxygen atoms in total. The summed E-state index contributed by atoms with van der Waals surface area (Å²) in [7, 11) is 0. The molecule has 25 heavy (non-hydrogen) atoms. The fraction of sp³-hybridized carbons (Fsp3) is 0.467. The number of likely N-dealkylation sites (tertiary alicyclic amines) is 1. The highest BCUT2D eigenvalue weighted by Crippen LogP contribution is 2.33. The van der Waals surface area contributed by atoms with Gasteiger partial charge < -0.3 is 4.74 Å². The summed E-state index contributed by atoms with van der Waals surface area (Å²) in [6, 6.07) is 5.30. The van der Waals surface area contributed by atoms with Crippen molar-refractivity contribution in [2.45, 2.75) is 31.3 Å². The number of rotatable bonds is 3. The molecular weight excluding hydrogens is 337 g/mol. The number of hydrogen-bond donors (Lipinski definition) is 0. The van der Waals surface area contributed by atoms with Crippen LogP contribution in [-0.2, 0) is 17.5 Å². The zero-order valence-corrected chi connectivity index (χ0v) is 12.9. The first kappa shape index (κ1) is 16.0. The Kier molecular flexibility index (Phi) is 3.70. The van der Waals surface area contributed by atoms with Crippen LogP contribution >= 0.6 is 0 Å². The fourth-order valence-corrected chi connectivity index (χ4v) is 3.36. The minimum Gasteiger partial charge on any atom is -0.375 e. The molecule has 0 radical (unpaired) electrons. The molecule has 0 N–H and O–H groups in total. The van der Waals surface area contributed by atoms with Crippen LogP contribution in [0.25, 0.3) is 5.69 Å². The third kappa shape index (κ3) is 2.85. The van der Waals surface area contributed by atoms with Gasteiger partial charge in [-0.05, 0) is 35.0 Å². The second-order valence-electron chi connectivity index (χ2n) is 6.12. The molecule has 0 amide bonds. The molecule has 2 atom stereocenters. The molecule has 2 fully saturated rings. The van der Waals surface area contributed by atoms with E-state index in [2.05, 4.69) is 20.4 Å². The number of tetrazole rings is 1. The van der Waals surface area contributed by atoms with Crippen LogP contribution in [0.1, 0.15) is 23.4 Å². The van der Waals surface area contributed by atoms with E-state index in [9.17, 15) is 13.2 Å². The Balaban J connectivity index is 1.65. The summed E-state index contributed by atoms with van der Waals surface area (Å²) in [5, 5.41) is 20.3. The van der Waals surface area contributed by atoms with Crippen molar-refractivity contribution in [2.24, 2.45) is 0 Å². The van der Waals surface area contributed by atoms with Gasteiger partial charge in [0.1, 0.15) is 0 Å². The maximum absolute atomic E-state index is 13.2. The van der Waals surface area contributed by atoms with Crippen molar-refractivity contribution in [2.75, 3.05) is 13.2 Å². The maximum atomic E-state index is 13.2. The van der Waals surface area contributed by atoms with Crippen molar-refractivity contribution in [3.8, 4) is 11.8 Å². The van der Waals surface area contributed by atoms with E-state index in [4.69, 9.17) is 10.00 Å². The lowest BCUT2D eigenvalue weighted by Crippen LogP contribution is -2.37. The van der Waals surface area contributed by atoms with Crippen molar-refractivity contribution in [1.82, 2.24) is 25.1 Å². The van der Waals surface area contributed by atoms with Gasteiger partial charge in [0.2, 0.25) is 0 Å². The van der Waals surface area contributed by atoms with Crippen LogP contribution in [0.2, 0.25) is 0 Å². The van der Waals surface area contributed by atoms with Crippen LogP contribution in [0.4, 0.5) is 13.2 Å². The van der Waals surface area contributed by atoms with Crippen molar-refractivity contribution >= 4 is 0 Å². The molecule has 0 aliphatic carbocycles. The van der Waals surface area contributed by atoms with Gasteiger partial charge in [0.15, 0.2) is 5.82 Å². The first-order valence-corrected chi connectivity index (χ1v) is 7.70. The number of nitriles is 1. The van der Waals surface area contributed by atoms with Crippen molar-refractivity contribution in [3.63, 3.8) is 0 Å². The van der Waals surface area contributed by atoms with Gasteiger partial charge in [0.25, 0.3) is 0 Å². The number of alkyl halides is 3. The molecule has 2 saturated heterocycles. The minimum atomic E-state index is -4.62. The van der Waals surface area contributed by atoms with Gasteiger partial charge in [0, 0.05) is 12.6 Å². The third-order valence-corrected chi connectivity index (χ3v) is 4.57. The lowest BCUT2D eigenvalue weighted by atomic mass is 10.1. The SMILES string of the molecule is N#Cc1ccc(-n2nnnc2CN2CC3C[C@H]2CO3)cc1C(F)(F)F. The number of nitrogens with zero attached hydrogens (tertiary/aromatic N) is 6. The molecule has 2 bridgehead atoms. The van der Waals surface area contributed by atoms with Crippen LogP contribution in [0.3, 0.4) is 0 Å². The van der Waals surface area contributed by atoms with Crippen LogP contribution in [0, 0.1) is 11.3 Å². The summed E-state index contributed by atoms with van der Waals surface area (Å²) in [6.07, 6.45) is -3.46. The van der Waals surface area contributed by atoms with Gasteiger partial charge in [0.05, 0.1) is 42.1 Å². The standard InChI is InChI=1S/C15H13F3N6O/c16-15(17,18)13-4-10(2-1-9(13)5-19)24-14(20-21-22-24)7-23-6-12-3-11(23)8-25-12/h1-2,4,11-12H,3,6-8H2/t11-,12?/m0/s1. The molecule has 10 heteroatoms. The highest BCUT2D eigenvalue weighted by Gasteiger charge is 2.39. The Morgan fingerprint density at radius 1 is 1.36 bits per heavy atom. The third-order valence-electron chi connectivity index (χ3n) is 4.57. The average molecular weight is 350 g/mol. The lowest BCUT2D eigenvalue weighted by molar-refractivity contribution is -0.137. The van der Waals surface area contributed by atoms with Gasteiger partial charge >= 0.3 is 6.18 Å². The second-order valence-corrected chi connectivity index (χ2v) is 6.12. The van der Waals surface area contributed by atoms with Gasteiger partial charge in [-0.1, -0.05) is 0 Å². The first-order chi connectivity index (χ1) is 12.0. The van der Waals surface area contributed by atoms with E-state index < -0.39 is 17.3 Å². The molecule has 3 heterocycles. The zero-order chi connectivity index (χ0) is 17.6. The van der Waals surface area contributed by atoms with Crippen LogP contribution in [0.5, 0.6) is 0 Å². The molecule has 4 rings (SSSR count). The van der Waals surface area contributed by atoms with E-state index in [1.165, 1.54) is 10.7 Å². The highest BCUT2D eigenvalue weighted by atomic mass is 19.4. The summed E-state index contributed by atoms with van der Waals surface area (Å²) >= 11 is 0. The molecular formula is C15H13F3N6O. The van der Waals surface area contributed by atoms with E-state index in [0.29, 0.717) is 25.0 Å². The summed E-state index contributed by atoms with van der Waals surface area (Å²) in [5.41, 5.74) is -1.26. The summed E-state index contributed by atoms with van der Waals surface area (Å²) < 4.78 is 46.3. The molecule has 2 aromatic rings. The van der Waals surface area contributed by atoms with Crippen LogP contribution in [0.15, 0.2) is 18.2 Å². The summed E-state index contributed by atoms with van der Waals surface area (Å²) in [6.45, 7) is 1.85. The van der Waals surface area contributed by atoms with Crippen molar-refractivity contribution in [1.29, 1.82) is 5.26 Å². The zero-order valence-electron chi connectivity index (χ0n) is 12.9. The molecule has 0 spiro atoms. The second kappa shape index (κ2) is 5.79. The van der Waals surface area contributed by atoms with Crippen molar-refractivity contribution in [3.05, 3.63) is 35.2 Å². The Bertz CT molecular complexity index is 843. The van der Waals surface area contributed by atoms with Gasteiger partial charge in [-0.3, -0.25) is 4.90 Å². The topological polar surface area (TPSA) is 79.9 Å². The summed E-state index contributed by atoms with van der Waals surface area (Å²) in [4.78, 5) is 2.17.